The van der Waals surface area contributed by atoms with Crippen LogP contribution in [0.5, 0.6) is 0 Å². The Kier molecular flexibility index (Phi) is 12.8. The van der Waals surface area contributed by atoms with Crippen LogP contribution in [0.15, 0.2) is 60.7 Å². The Hall–Kier alpha value is -3.72. The molecule has 35 heavy (non-hydrogen) atoms. The molecule has 0 aromatic heterocycles. The van der Waals surface area contributed by atoms with Crippen molar-refractivity contribution >= 4 is 23.8 Å². The van der Waals surface area contributed by atoms with Crippen LogP contribution in [0, 0.1) is 6.92 Å². The average molecular weight is 483 g/mol. The number of carbonyl (C=O) groups is 4. The largest absolute Gasteiger partial charge is 0.548 e. The molecular formula is C26H30N2O7-3. The number of benzene rings is 2. The van der Waals surface area contributed by atoms with Gasteiger partial charge in [0.25, 0.3) is 5.91 Å². The molecule has 0 atom stereocenters. The molecule has 1 fully saturated rings. The number of unbranched alkanes of at least 4 members (excludes halogenated alkanes) is 1. The Morgan fingerprint density at radius 3 is 1.74 bits per heavy atom. The molecule has 1 heterocycles. The SMILES string of the molecule is O=C(NC1(C(=O)[O-])CCN(Cc2ccccc2)CC1)c1ccccc1.O=C([O-])C(=O)[O-].[CH2]CCC. The second-order valence-electron chi connectivity index (χ2n) is 7.88. The van der Waals surface area contributed by atoms with Gasteiger partial charge in [-0.15, -0.1) is 0 Å². The Balaban J connectivity index is 0.000000520. The summed E-state index contributed by atoms with van der Waals surface area (Å²) in [4.78, 5) is 44.2. The lowest BCUT2D eigenvalue weighted by Gasteiger charge is -2.43. The number of nitrogens with zero attached hydrogens (tertiary/aromatic N) is 1. The molecule has 189 valence electrons. The standard InChI is InChI=1S/C20H22N2O3.C4H9.C2H2O4/c23-18(17-9-5-2-6-10-17)21-20(19(24)25)11-13-22(14-12-20)15-16-7-3-1-4-8-16;1-3-4-2;3-1(4)2(5)6/h1-10H,11-15H2,(H,21,23)(H,24,25);1,3-4H2,2H3;(H,3,4)(H,5,6)/p-3. The van der Waals surface area contributed by atoms with E-state index in [1.165, 1.54) is 12.0 Å². The summed E-state index contributed by atoms with van der Waals surface area (Å²) in [6, 6.07) is 18.7. The molecule has 1 saturated heterocycles. The van der Waals surface area contributed by atoms with Crippen molar-refractivity contribution in [3.8, 4) is 0 Å². The maximum absolute atomic E-state index is 12.4. The Morgan fingerprint density at radius 2 is 1.34 bits per heavy atom. The molecule has 3 rings (SSSR count). The quantitative estimate of drug-likeness (QED) is 0.531. The van der Waals surface area contributed by atoms with Crippen molar-refractivity contribution in [2.45, 2.75) is 44.7 Å². The summed E-state index contributed by atoms with van der Waals surface area (Å²) in [7, 11) is 0. The normalized spacial score (nSPS) is 14.2. The van der Waals surface area contributed by atoms with Gasteiger partial charge in [-0.3, -0.25) is 9.69 Å². The zero-order valence-electron chi connectivity index (χ0n) is 19.7. The zero-order chi connectivity index (χ0) is 26.3. The van der Waals surface area contributed by atoms with E-state index in [1.54, 1.807) is 24.3 Å². The van der Waals surface area contributed by atoms with Gasteiger partial charge in [-0.1, -0.05) is 75.2 Å². The van der Waals surface area contributed by atoms with Crippen LogP contribution >= 0.6 is 0 Å². The van der Waals surface area contributed by atoms with Gasteiger partial charge in [0.2, 0.25) is 0 Å². The van der Waals surface area contributed by atoms with Crippen LogP contribution in [0.3, 0.4) is 0 Å². The molecule has 1 aliphatic heterocycles. The third kappa shape index (κ3) is 10.4. The summed E-state index contributed by atoms with van der Waals surface area (Å²) in [6.45, 7) is 7.69. The Bertz CT molecular complexity index is 927. The number of nitrogens with one attached hydrogen (secondary N) is 1. The molecular weight excluding hydrogens is 452 g/mol. The fourth-order valence-electron chi connectivity index (χ4n) is 3.19. The van der Waals surface area contributed by atoms with Crippen LogP contribution in [0.4, 0.5) is 0 Å². The van der Waals surface area contributed by atoms with Crippen molar-refractivity contribution in [3.63, 3.8) is 0 Å². The van der Waals surface area contributed by atoms with Crippen LogP contribution in [-0.2, 0) is 20.9 Å². The smallest absolute Gasteiger partial charge is 0.252 e. The number of aliphatic carboxylic acids is 3. The minimum Gasteiger partial charge on any atom is -0.548 e. The van der Waals surface area contributed by atoms with Crippen LogP contribution < -0.4 is 20.6 Å². The number of carboxylic acids is 3. The first-order chi connectivity index (χ1) is 16.6. The summed E-state index contributed by atoms with van der Waals surface area (Å²) in [5.41, 5.74) is 0.340. The van der Waals surface area contributed by atoms with Crippen molar-refractivity contribution in [1.29, 1.82) is 0 Å². The van der Waals surface area contributed by atoms with E-state index in [0.717, 1.165) is 13.0 Å². The van der Waals surface area contributed by atoms with Crippen molar-refractivity contribution in [1.82, 2.24) is 10.2 Å². The van der Waals surface area contributed by atoms with E-state index in [0.29, 0.717) is 31.5 Å². The number of amides is 1. The number of likely N-dealkylation sites (tertiary alicyclic amines) is 1. The predicted molar refractivity (Wildman–Crippen MR) is 123 cm³/mol. The fourth-order valence-corrected chi connectivity index (χ4v) is 3.19. The predicted octanol–water partition coefficient (Wildman–Crippen LogP) is -0.692. The van der Waals surface area contributed by atoms with Crippen molar-refractivity contribution in [2.24, 2.45) is 0 Å². The highest BCUT2D eigenvalue weighted by Crippen LogP contribution is 2.24. The lowest BCUT2D eigenvalue weighted by molar-refractivity contribution is -0.345. The second kappa shape index (κ2) is 15.2. The van der Waals surface area contributed by atoms with Gasteiger partial charge in [-0.2, -0.15) is 0 Å². The van der Waals surface area contributed by atoms with Crippen LogP contribution in [0.25, 0.3) is 0 Å². The van der Waals surface area contributed by atoms with E-state index in [-0.39, 0.29) is 5.91 Å². The van der Waals surface area contributed by atoms with Gasteiger partial charge in [0.1, 0.15) is 0 Å². The second-order valence-corrected chi connectivity index (χ2v) is 7.88. The van der Waals surface area contributed by atoms with Crippen LogP contribution in [0.2, 0.25) is 0 Å². The molecule has 1 amide bonds. The molecule has 2 aromatic carbocycles. The lowest BCUT2D eigenvalue weighted by Crippen LogP contribution is -2.64. The number of rotatable bonds is 6. The maximum Gasteiger partial charge on any atom is 0.252 e. The van der Waals surface area contributed by atoms with E-state index < -0.39 is 23.4 Å². The van der Waals surface area contributed by atoms with Gasteiger partial charge in [-0.25, -0.2) is 0 Å². The zero-order valence-corrected chi connectivity index (χ0v) is 19.7. The summed E-state index contributed by atoms with van der Waals surface area (Å²) in [5.74, 6) is -5.96. The third-order valence-corrected chi connectivity index (χ3v) is 5.26. The maximum atomic E-state index is 12.4. The third-order valence-electron chi connectivity index (χ3n) is 5.26. The van der Waals surface area contributed by atoms with Crippen molar-refractivity contribution < 1.29 is 34.5 Å². The van der Waals surface area contributed by atoms with Gasteiger partial charge < -0.3 is 35.0 Å². The molecule has 0 aliphatic carbocycles. The topological polar surface area (TPSA) is 153 Å². The molecule has 9 heteroatoms. The van der Waals surface area contributed by atoms with E-state index in [4.69, 9.17) is 19.8 Å². The van der Waals surface area contributed by atoms with Gasteiger partial charge in [0, 0.05) is 25.2 Å². The molecule has 9 nitrogen and oxygen atoms in total. The number of carbonyl (C=O) groups excluding carboxylic acids is 4. The molecule has 0 unspecified atom stereocenters. The molecule has 0 bridgehead atoms. The highest BCUT2D eigenvalue weighted by molar-refractivity contribution is 6.25. The van der Waals surface area contributed by atoms with E-state index in [2.05, 4.69) is 36.2 Å². The number of hydrogen-bond donors (Lipinski definition) is 1. The van der Waals surface area contributed by atoms with Gasteiger partial charge in [0.15, 0.2) is 0 Å². The van der Waals surface area contributed by atoms with Crippen LogP contribution in [0.1, 0.15) is 48.5 Å². The fraction of sp³-hybridized carbons (Fsp3) is 0.346. The average Bonchev–Trinajstić information content (AvgIpc) is 2.87. The monoisotopic (exact) mass is 482 g/mol. The molecule has 0 saturated carbocycles. The lowest BCUT2D eigenvalue weighted by atomic mass is 9.87. The van der Waals surface area contributed by atoms with Gasteiger partial charge >= 0.3 is 0 Å². The van der Waals surface area contributed by atoms with E-state index >= 15 is 0 Å². The minimum atomic E-state index is -2.19. The summed E-state index contributed by atoms with van der Waals surface area (Å²) in [5, 5.41) is 32.3. The number of hydrogen-bond acceptors (Lipinski definition) is 8. The summed E-state index contributed by atoms with van der Waals surface area (Å²) in [6.07, 6.45) is 2.95. The minimum absolute atomic E-state index is 0.334. The van der Waals surface area contributed by atoms with Crippen molar-refractivity contribution in [2.75, 3.05) is 13.1 Å². The van der Waals surface area contributed by atoms with Crippen molar-refractivity contribution in [3.05, 3.63) is 78.7 Å². The molecule has 0 spiro atoms. The Morgan fingerprint density at radius 1 is 0.886 bits per heavy atom. The summed E-state index contributed by atoms with van der Waals surface area (Å²) < 4.78 is 0. The number of carboxylic acid groups (broad SMARTS) is 3. The highest BCUT2D eigenvalue weighted by atomic mass is 16.4. The first-order valence-electron chi connectivity index (χ1n) is 11.2. The van der Waals surface area contributed by atoms with Gasteiger partial charge in [-0.05, 0) is 30.5 Å². The summed E-state index contributed by atoms with van der Waals surface area (Å²) >= 11 is 0. The first kappa shape index (κ1) is 29.3. The molecule has 1 aliphatic rings. The van der Waals surface area contributed by atoms with Crippen LogP contribution in [-0.4, -0.2) is 47.3 Å². The molecule has 1 radical (unpaired) electrons. The van der Waals surface area contributed by atoms with Gasteiger partial charge in [0.05, 0.1) is 23.4 Å². The Labute approximate surface area is 205 Å². The highest BCUT2D eigenvalue weighted by Gasteiger charge is 2.37. The molecule has 1 N–H and O–H groups in total. The number of piperidine rings is 1. The van der Waals surface area contributed by atoms with E-state index in [1.807, 2.05) is 24.3 Å². The first-order valence-corrected chi connectivity index (χ1v) is 11.2. The van der Waals surface area contributed by atoms with E-state index in [9.17, 15) is 14.7 Å². The molecule has 2 aromatic rings.